The lowest BCUT2D eigenvalue weighted by Gasteiger charge is -2.12. The number of aromatic hydroxyl groups is 1. The molecule has 5 aliphatic rings. The number of carbonyl (C=O) groups is 5. The molecule has 6 heterocycles. The standard InChI is InChI=1S/C18H15NO2.C18H15NO.C17H12FNO.C17H13NO2.C16H12N2O/c1-21-15-5-2-4-13(12-15)8-9-14-10-11-16-17(19-14)6-3-7-18(16)20;1-13-4-2-5-14(12-13)8-9-15-10-11-16-17(19-15)6-3-7-18(16)20;18-13-4-1-3-12(11-13)7-8-14-9-10-15-16(19-14)5-2-6-17(15)20;19-14-4-1-3-12(11-14)7-8-13-9-10-15-16(18-13)5-2-6-17(15)20;19-16-5-1-4-15-14(16)9-8-13(18-15)7-6-12-3-2-10-17-11-12/h2,4-5,10-12H,3,6-7H2,1H3;2,4-5,10-12H,3,6-7H2,1H3;1,3-4,9-11H,2,5-6H2;1,3-4,9-11,19H,2,5-6H2;2-3,8-11H,1,4-5H2. The maximum Gasteiger partial charge on any atom is 0.164 e. The molecule has 0 aliphatic heterocycles. The van der Waals surface area contributed by atoms with Gasteiger partial charge in [-0.05, 0) is 246 Å². The van der Waals surface area contributed by atoms with Crippen LogP contribution in [0.3, 0.4) is 0 Å². The van der Waals surface area contributed by atoms with E-state index in [1.54, 1.807) is 68.0 Å². The van der Waals surface area contributed by atoms with Crippen LogP contribution in [0.1, 0.15) is 206 Å². The fourth-order valence-electron chi connectivity index (χ4n) is 11.5. The highest BCUT2D eigenvalue weighted by molar-refractivity contribution is 6.00. The number of fused-ring (bicyclic) bond motifs is 5. The first-order valence-corrected chi connectivity index (χ1v) is 33.2. The second kappa shape index (κ2) is 33.9. The Balaban J connectivity index is 0.000000126. The Morgan fingerprint density at radius 1 is 0.350 bits per heavy atom. The predicted molar refractivity (Wildman–Crippen MR) is 380 cm³/mol. The Kier molecular flexibility index (Phi) is 23.3. The van der Waals surface area contributed by atoms with Crippen molar-refractivity contribution in [2.75, 3.05) is 7.11 Å². The summed E-state index contributed by atoms with van der Waals surface area (Å²) in [5.74, 6) is 31.7. The van der Waals surface area contributed by atoms with Gasteiger partial charge in [-0.3, -0.25) is 29.0 Å². The van der Waals surface area contributed by atoms with Crippen LogP contribution in [-0.2, 0) is 32.1 Å². The van der Waals surface area contributed by atoms with Gasteiger partial charge >= 0.3 is 0 Å². The van der Waals surface area contributed by atoms with Crippen LogP contribution in [0, 0.1) is 71.9 Å². The number of aryl methyl sites for hydroxylation is 6. The Labute approximate surface area is 581 Å². The highest BCUT2D eigenvalue weighted by atomic mass is 19.1. The molecule has 0 saturated carbocycles. The molecular weight excluding hydrogens is 1250 g/mol. The van der Waals surface area contributed by atoms with Crippen LogP contribution in [0.5, 0.6) is 11.5 Å². The Bertz CT molecular complexity index is 4830. The monoisotopic (exact) mass is 1310 g/mol. The number of pyridine rings is 6. The Morgan fingerprint density at radius 2 is 0.680 bits per heavy atom. The molecule has 10 aromatic rings. The third kappa shape index (κ3) is 19.4. The molecule has 5 aliphatic carbocycles. The van der Waals surface area contributed by atoms with E-state index in [0.717, 1.165) is 149 Å². The number of Topliss-reactive ketones (excluding diaryl/α,β-unsaturated/α-hetero) is 5. The van der Waals surface area contributed by atoms with Gasteiger partial charge in [-0.2, -0.15) is 0 Å². The Hall–Kier alpha value is -12.5. The summed E-state index contributed by atoms with van der Waals surface area (Å²) in [6.07, 6.45) is 15.2. The molecule has 6 aromatic heterocycles. The minimum absolute atomic E-state index is 0.156. The summed E-state index contributed by atoms with van der Waals surface area (Å²) in [4.78, 5) is 84.9. The summed E-state index contributed by atoms with van der Waals surface area (Å²) in [5.41, 5.74) is 16.8. The molecular formula is C86H67FN6O7. The van der Waals surface area contributed by atoms with Crippen LogP contribution < -0.4 is 4.74 Å². The number of methoxy groups -OCH3 is 1. The highest BCUT2D eigenvalue weighted by Crippen LogP contribution is 2.25. The van der Waals surface area contributed by atoms with Crippen molar-refractivity contribution in [1.82, 2.24) is 29.9 Å². The zero-order valence-corrected chi connectivity index (χ0v) is 55.4. The summed E-state index contributed by atoms with van der Waals surface area (Å²) in [7, 11) is 1.63. The van der Waals surface area contributed by atoms with Gasteiger partial charge in [0.2, 0.25) is 0 Å². The summed E-state index contributed by atoms with van der Waals surface area (Å²) >= 11 is 0. The van der Waals surface area contributed by atoms with Crippen LogP contribution in [0.15, 0.2) is 182 Å². The summed E-state index contributed by atoms with van der Waals surface area (Å²) < 4.78 is 18.2. The van der Waals surface area contributed by atoms with Crippen LogP contribution in [-0.4, -0.2) is 71.0 Å². The zero-order chi connectivity index (χ0) is 69.6. The number of hydrogen-bond donors (Lipinski definition) is 1. The number of halogens is 1. The molecule has 14 heteroatoms. The van der Waals surface area contributed by atoms with Crippen molar-refractivity contribution in [3.63, 3.8) is 0 Å². The SMILES string of the molecule is COc1cccc(C#Cc2ccc3c(n2)CCCC3=O)c1.Cc1cccc(C#Cc2ccc3c(n2)CCCC3=O)c1.O=C1CCCc2nc(C#Cc3cccc(F)c3)ccc21.O=C1CCCc2nc(C#Cc3cccc(O)c3)ccc21.O=C1CCCc2nc(C#Cc3cccnc3)ccc21. The van der Waals surface area contributed by atoms with Crippen LogP contribution >= 0.6 is 0 Å². The third-order valence-corrected chi connectivity index (χ3v) is 16.6. The summed E-state index contributed by atoms with van der Waals surface area (Å²) in [6, 6.07) is 50.5. The normalized spacial score (nSPS) is 13.3. The van der Waals surface area contributed by atoms with Crippen LogP contribution in [0.25, 0.3) is 0 Å². The average molecular weight is 1320 g/mol. The van der Waals surface area contributed by atoms with Crippen molar-refractivity contribution in [2.24, 2.45) is 0 Å². The number of ether oxygens (including phenoxy) is 1. The molecule has 4 aromatic carbocycles. The number of phenols is 1. The van der Waals surface area contributed by atoms with Gasteiger partial charge < -0.3 is 9.84 Å². The molecule has 490 valence electrons. The molecule has 0 bridgehead atoms. The second-order valence-corrected chi connectivity index (χ2v) is 24.0. The predicted octanol–water partition coefficient (Wildman–Crippen LogP) is 14.6. The molecule has 0 amide bonds. The smallest absolute Gasteiger partial charge is 0.164 e. The number of rotatable bonds is 1. The van der Waals surface area contributed by atoms with Gasteiger partial charge in [0.05, 0.1) is 35.6 Å². The van der Waals surface area contributed by atoms with E-state index < -0.39 is 0 Å². The van der Waals surface area contributed by atoms with Crippen molar-refractivity contribution in [2.45, 2.75) is 103 Å². The van der Waals surface area contributed by atoms with E-state index in [9.17, 15) is 33.5 Å². The van der Waals surface area contributed by atoms with Gasteiger partial charge in [-0.15, -0.1) is 0 Å². The first-order valence-electron chi connectivity index (χ1n) is 33.2. The van der Waals surface area contributed by atoms with Gasteiger partial charge in [0, 0.05) is 100 Å². The summed E-state index contributed by atoms with van der Waals surface area (Å²) in [6.45, 7) is 2.05. The fraction of sp³-hybridized carbons (Fsp3) is 0.198. The molecule has 0 radical (unpaired) electrons. The number of hydrogen-bond acceptors (Lipinski definition) is 13. The van der Waals surface area contributed by atoms with Crippen molar-refractivity contribution >= 4 is 28.9 Å². The van der Waals surface area contributed by atoms with Crippen LogP contribution in [0.2, 0.25) is 0 Å². The zero-order valence-electron chi connectivity index (χ0n) is 55.4. The number of ketones is 5. The lowest BCUT2D eigenvalue weighted by Crippen LogP contribution is -2.12. The van der Waals surface area contributed by atoms with Gasteiger partial charge in [0.25, 0.3) is 0 Å². The molecule has 0 saturated heterocycles. The number of phenolic OH excluding ortho intramolecular Hbond substituents is 1. The lowest BCUT2D eigenvalue weighted by atomic mass is 9.94. The van der Waals surface area contributed by atoms with E-state index >= 15 is 0 Å². The molecule has 0 atom stereocenters. The van der Waals surface area contributed by atoms with Gasteiger partial charge in [-0.25, -0.2) is 29.3 Å². The number of carbonyl (C=O) groups excluding carboxylic acids is 5. The minimum atomic E-state index is -0.305. The second-order valence-electron chi connectivity index (χ2n) is 24.0. The maximum absolute atomic E-state index is 13.0. The van der Waals surface area contributed by atoms with Crippen LogP contribution in [0.4, 0.5) is 4.39 Å². The number of aromatic nitrogens is 6. The lowest BCUT2D eigenvalue weighted by molar-refractivity contribution is 0.0963. The molecule has 1 N–H and O–H groups in total. The fourth-order valence-corrected chi connectivity index (χ4v) is 11.5. The number of nitrogens with zero attached hydrogens (tertiary/aromatic N) is 6. The van der Waals surface area contributed by atoms with Crippen molar-refractivity contribution in [1.29, 1.82) is 0 Å². The molecule has 0 unspecified atom stereocenters. The van der Waals surface area contributed by atoms with Gasteiger partial charge in [0.15, 0.2) is 28.9 Å². The molecule has 0 fully saturated rings. The minimum Gasteiger partial charge on any atom is -0.508 e. The summed E-state index contributed by atoms with van der Waals surface area (Å²) in [5, 5.41) is 9.38. The van der Waals surface area contributed by atoms with E-state index in [0.29, 0.717) is 66.0 Å². The van der Waals surface area contributed by atoms with E-state index in [2.05, 4.69) is 95.2 Å². The third-order valence-electron chi connectivity index (χ3n) is 16.6. The quantitative estimate of drug-likeness (QED) is 0.153. The highest BCUT2D eigenvalue weighted by Gasteiger charge is 2.22. The van der Waals surface area contributed by atoms with E-state index in [1.807, 2.05) is 110 Å². The van der Waals surface area contributed by atoms with E-state index in [-0.39, 0.29) is 40.5 Å². The van der Waals surface area contributed by atoms with Crippen molar-refractivity contribution < 1.29 is 38.2 Å². The maximum atomic E-state index is 13.0. The largest absolute Gasteiger partial charge is 0.508 e. The number of benzene rings is 4. The molecule has 15 rings (SSSR count). The van der Waals surface area contributed by atoms with Gasteiger partial charge in [0.1, 0.15) is 45.8 Å². The van der Waals surface area contributed by atoms with Crippen molar-refractivity contribution in [3.05, 3.63) is 306 Å². The average Bonchev–Trinajstić information content (AvgIpc) is 0.852. The van der Waals surface area contributed by atoms with E-state index in [4.69, 9.17) is 4.74 Å². The topological polar surface area (TPSA) is 192 Å². The first-order chi connectivity index (χ1) is 48.7. The van der Waals surface area contributed by atoms with Crippen molar-refractivity contribution in [3.8, 4) is 70.7 Å². The molecule has 13 nitrogen and oxygen atoms in total. The van der Waals surface area contributed by atoms with Gasteiger partial charge in [-0.1, -0.05) is 59.9 Å². The van der Waals surface area contributed by atoms with E-state index in [1.165, 1.54) is 17.7 Å². The first kappa shape index (κ1) is 68.8. The molecule has 100 heavy (non-hydrogen) atoms. The Morgan fingerprint density at radius 3 is 1.03 bits per heavy atom. The molecule has 0 spiro atoms.